The second kappa shape index (κ2) is 6.71. The minimum Gasteiger partial charge on any atom is -0.302 e. The maximum absolute atomic E-state index is 6.07. The topological polar surface area (TPSA) is 19.4 Å². The van der Waals surface area contributed by atoms with Gasteiger partial charge in [-0.25, -0.2) is 4.98 Å². The van der Waals surface area contributed by atoms with Gasteiger partial charge in [0.2, 0.25) is 0 Å². The molecule has 2 heterocycles. The molecule has 1 aromatic heterocycles. The van der Waals surface area contributed by atoms with Gasteiger partial charge in [-0.2, -0.15) is 0 Å². The van der Waals surface area contributed by atoms with Gasteiger partial charge < -0.3 is 9.80 Å². The maximum atomic E-state index is 6.07. The number of likely N-dealkylation sites (N-methyl/N-ethyl adjacent to an activating group) is 1. The van der Waals surface area contributed by atoms with E-state index < -0.39 is 0 Å². The van der Waals surface area contributed by atoms with E-state index in [-0.39, 0.29) is 0 Å². The van der Waals surface area contributed by atoms with E-state index in [0.717, 1.165) is 25.2 Å². The van der Waals surface area contributed by atoms with Crippen LogP contribution >= 0.6 is 23.2 Å². The number of likely N-dealkylation sites (tertiary alicyclic amines) is 1. The lowest BCUT2D eigenvalue weighted by Crippen LogP contribution is -2.31. The molecule has 0 bridgehead atoms. The van der Waals surface area contributed by atoms with Crippen molar-refractivity contribution in [3.8, 4) is 0 Å². The number of aromatic nitrogens is 1. The molecule has 1 aliphatic heterocycles. The van der Waals surface area contributed by atoms with Crippen molar-refractivity contribution >= 4 is 23.2 Å². The van der Waals surface area contributed by atoms with Crippen LogP contribution in [0.5, 0.6) is 0 Å². The lowest BCUT2D eigenvalue weighted by molar-refractivity contribution is 0.252. The molecule has 2 rings (SSSR count). The highest BCUT2D eigenvalue weighted by atomic mass is 35.5. The molecule has 1 fully saturated rings. The minimum absolute atomic E-state index is 0.448. The van der Waals surface area contributed by atoms with Gasteiger partial charge in [0.15, 0.2) is 0 Å². The van der Waals surface area contributed by atoms with E-state index in [1.807, 2.05) is 6.07 Å². The molecule has 100 valence electrons. The Labute approximate surface area is 119 Å². The van der Waals surface area contributed by atoms with Crippen LogP contribution < -0.4 is 0 Å². The standard InChI is InChI=1S/C13H19Cl2N3/c1-17(8-9-18-6-2-3-7-18)10-11-4-5-12(14)16-13(11)15/h4-5H,2-3,6-10H2,1H3. The van der Waals surface area contributed by atoms with Crippen LogP contribution in [0.25, 0.3) is 0 Å². The summed E-state index contributed by atoms with van der Waals surface area (Å²) in [5, 5.41) is 0.957. The summed E-state index contributed by atoms with van der Waals surface area (Å²) in [4.78, 5) is 8.84. The third-order valence-corrected chi connectivity index (χ3v) is 3.87. The molecule has 0 spiro atoms. The van der Waals surface area contributed by atoms with Crippen molar-refractivity contribution in [2.45, 2.75) is 19.4 Å². The van der Waals surface area contributed by atoms with Crippen LogP contribution in [0.15, 0.2) is 12.1 Å². The molecular weight excluding hydrogens is 269 g/mol. The van der Waals surface area contributed by atoms with Crippen LogP contribution in [0.3, 0.4) is 0 Å². The van der Waals surface area contributed by atoms with Gasteiger partial charge >= 0.3 is 0 Å². The lowest BCUT2D eigenvalue weighted by Gasteiger charge is -2.21. The van der Waals surface area contributed by atoms with Gasteiger partial charge in [0.05, 0.1) is 0 Å². The van der Waals surface area contributed by atoms with Gasteiger partial charge in [-0.15, -0.1) is 0 Å². The summed E-state index contributed by atoms with van der Waals surface area (Å²) in [6, 6.07) is 3.74. The van der Waals surface area contributed by atoms with Crippen molar-refractivity contribution in [2.24, 2.45) is 0 Å². The predicted molar refractivity (Wildman–Crippen MR) is 76.3 cm³/mol. The second-order valence-corrected chi connectivity index (χ2v) is 5.62. The van der Waals surface area contributed by atoms with E-state index in [0.29, 0.717) is 10.3 Å². The number of hydrogen-bond acceptors (Lipinski definition) is 3. The van der Waals surface area contributed by atoms with Gasteiger partial charge in [-0.1, -0.05) is 29.3 Å². The Morgan fingerprint density at radius 3 is 2.67 bits per heavy atom. The van der Waals surface area contributed by atoms with Crippen molar-refractivity contribution in [2.75, 3.05) is 33.2 Å². The Balaban J connectivity index is 1.80. The smallest absolute Gasteiger partial charge is 0.135 e. The third-order valence-electron chi connectivity index (χ3n) is 3.33. The summed E-state index contributed by atoms with van der Waals surface area (Å²) in [7, 11) is 2.11. The zero-order valence-electron chi connectivity index (χ0n) is 10.7. The molecule has 1 aromatic rings. The first kappa shape index (κ1) is 14.1. The molecule has 0 aromatic carbocycles. The highest BCUT2D eigenvalue weighted by Crippen LogP contribution is 2.18. The molecule has 0 unspecified atom stereocenters. The maximum Gasteiger partial charge on any atom is 0.135 e. The molecule has 3 nitrogen and oxygen atoms in total. The van der Waals surface area contributed by atoms with Gasteiger partial charge in [0.25, 0.3) is 0 Å². The first-order valence-electron chi connectivity index (χ1n) is 6.37. The average molecular weight is 288 g/mol. The van der Waals surface area contributed by atoms with Crippen molar-refractivity contribution in [3.05, 3.63) is 28.0 Å². The largest absolute Gasteiger partial charge is 0.302 e. The van der Waals surface area contributed by atoms with Gasteiger partial charge in [-0.05, 0) is 39.0 Å². The molecule has 5 heteroatoms. The minimum atomic E-state index is 0.448. The van der Waals surface area contributed by atoms with Gasteiger partial charge in [0, 0.05) is 25.2 Å². The predicted octanol–water partition coefficient (Wildman–Crippen LogP) is 2.92. The molecule has 18 heavy (non-hydrogen) atoms. The SMILES string of the molecule is CN(CCN1CCCC1)Cc1ccc(Cl)nc1Cl. The molecule has 0 amide bonds. The summed E-state index contributed by atoms with van der Waals surface area (Å²) >= 11 is 11.9. The number of rotatable bonds is 5. The van der Waals surface area contributed by atoms with Crippen LogP contribution in [-0.4, -0.2) is 48.0 Å². The Morgan fingerprint density at radius 2 is 2.00 bits per heavy atom. The summed E-state index contributed by atoms with van der Waals surface area (Å²) in [6.45, 7) is 5.50. The highest BCUT2D eigenvalue weighted by Gasteiger charge is 2.12. The molecule has 0 saturated carbocycles. The molecule has 0 atom stereocenters. The lowest BCUT2D eigenvalue weighted by atomic mass is 10.2. The summed E-state index contributed by atoms with van der Waals surface area (Å²) in [5.74, 6) is 0. The monoisotopic (exact) mass is 287 g/mol. The highest BCUT2D eigenvalue weighted by molar-refractivity contribution is 6.32. The van der Waals surface area contributed by atoms with E-state index in [2.05, 4.69) is 21.8 Å². The average Bonchev–Trinajstić information content (AvgIpc) is 2.83. The molecule has 0 N–H and O–H groups in total. The van der Waals surface area contributed by atoms with Crippen molar-refractivity contribution in [3.63, 3.8) is 0 Å². The Morgan fingerprint density at radius 1 is 1.28 bits per heavy atom. The first-order valence-corrected chi connectivity index (χ1v) is 7.12. The van der Waals surface area contributed by atoms with Crippen LogP contribution in [0, 0.1) is 0 Å². The Bertz CT molecular complexity index is 392. The fourth-order valence-corrected chi connectivity index (χ4v) is 2.65. The third kappa shape index (κ3) is 4.09. The van der Waals surface area contributed by atoms with Gasteiger partial charge in [0.1, 0.15) is 10.3 Å². The Hall–Kier alpha value is -0.350. The summed E-state index contributed by atoms with van der Waals surface area (Å²) in [6.07, 6.45) is 2.69. The molecule has 1 saturated heterocycles. The van der Waals surface area contributed by atoms with Crippen molar-refractivity contribution in [1.82, 2.24) is 14.8 Å². The second-order valence-electron chi connectivity index (χ2n) is 4.87. The van der Waals surface area contributed by atoms with Gasteiger partial charge in [-0.3, -0.25) is 0 Å². The molecular formula is C13H19Cl2N3. The van der Waals surface area contributed by atoms with Crippen LogP contribution in [0.4, 0.5) is 0 Å². The summed E-state index contributed by atoms with van der Waals surface area (Å²) < 4.78 is 0. The van der Waals surface area contributed by atoms with E-state index in [1.54, 1.807) is 6.07 Å². The zero-order valence-corrected chi connectivity index (χ0v) is 12.2. The van der Waals surface area contributed by atoms with Crippen LogP contribution in [-0.2, 0) is 6.54 Å². The number of hydrogen-bond donors (Lipinski definition) is 0. The molecule has 0 aliphatic carbocycles. The van der Waals surface area contributed by atoms with E-state index >= 15 is 0 Å². The molecule has 0 radical (unpaired) electrons. The normalized spacial score (nSPS) is 16.7. The van der Waals surface area contributed by atoms with Crippen molar-refractivity contribution < 1.29 is 0 Å². The first-order chi connectivity index (χ1) is 8.65. The molecule has 1 aliphatic rings. The van der Waals surface area contributed by atoms with E-state index in [9.17, 15) is 0 Å². The fourth-order valence-electron chi connectivity index (χ4n) is 2.25. The van der Waals surface area contributed by atoms with Crippen LogP contribution in [0.2, 0.25) is 10.3 Å². The van der Waals surface area contributed by atoms with E-state index in [1.165, 1.54) is 25.9 Å². The Kier molecular flexibility index (Phi) is 5.25. The zero-order chi connectivity index (χ0) is 13.0. The quantitative estimate of drug-likeness (QED) is 0.777. The summed E-state index contributed by atoms with van der Waals surface area (Å²) in [5.41, 5.74) is 1.03. The van der Waals surface area contributed by atoms with Crippen molar-refractivity contribution in [1.29, 1.82) is 0 Å². The number of halogens is 2. The van der Waals surface area contributed by atoms with E-state index in [4.69, 9.17) is 23.2 Å². The van der Waals surface area contributed by atoms with Crippen LogP contribution in [0.1, 0.15) is 18.4 Å². The number of nitrogens with zero attached hydrogens (tertiary/aromatic N) is 3. The fraction of sp³-hybridized carbons (Fsp3) is 0.615. The number of pyridine rings is 1.